The maximum absolute atomic E-state index is 13.7. The Bertz CT molecular complexity index is 1140. The van der Waals surface area contributed by atoms with Crippen LogP contribution in [-0.2, 0) is 4.79 Å². The van der Waals surface area contributed by atoms with Crippen molar-refractivity contribution >= 4 is 34.8 Å². The number of ether oxygens (including phenoxy) is 1. The van der Waals surface area contributed by atoms with Crippen LogP contribution in [-0.4, -0.2) is 31.5 Å². The van der Waals surface area contributed by atoms with Crippen LogP contribution in [0.15, 0.2) is 72.8 Å². The summed E-state index contributed by atoms with van der Waals surface area (Å²) < 4.78 is 5.21. The van der Waals surface area contributed by atoms with Crippen LogP contribution in [0.2, 0.25) is 5.02 Å². The van der Waals surface area contributed by atoms with Gasteiger partial charge >= 0.3 is 0 Å². The third-order valence-electron chi connectivity index (χ3n) is 6.16. The minimum Gasteiger partial charge on any atom is -0.497 e. The van der Waals surface area contributed by atoms with Crippen LogP contribution in [0.4, 0.5) is 11.4 Å². The molecule has 3 aromatic rings. The number of para-hydroxylation sites is 1. The Morgan fingerprint density at radius 2 is 1.70 bits per heavy atom. The smallest absolute Gasteiger partial charge is 0.258 e. The number of fused-ring (bicyclic) bond motifs is 1. The molecule has 1 aliphatic heterocycles. The van der Waals surface area contributed by atoms with Gasteiger partial charge in [-0.3, -0.25) is 9.59 Å². The fraction of sp³-hybridized carbons (Fsp3) is 0.259. The van der Waals surface area contributed by atoms with Crippen molar-refractivity contribution in [1.82, 2.24) is 0 Å². The second-order valence-electron chi connectivity index (χ2n) is 8.16. The normalized spacial score (nSPS) is 17.3. The molecule has 0 spiro atoms. The van der Waals surface area contributed by atoms with Gasteiger partial charge in [-0.15, -0.1) is 0 Å². The third-order valence-corrected chi connectivity index (χ3v) is 6.42. The molecule has 5 nitrogen and oxygen atoms in total. The van der Waals surface area contributed by atoms with Crippen LogP contribution < -0.4 is 14.5 Å². The van der Waals surface area contributed by atoms with Gasteiger partial charge in [-0.1, -0.05) is 29.8 Å². The summed E-state index contributed by atoms with van der Waals surface area (Å²) in [6.07, 6.45) is 0.543. The first-order chi connectivity index (χ1) is 15.9. The van der Waals surface area contributed by atoms with Crippen molar-refractivity contribution in [3.8, 4) is 5.75 Å². The molecule has 6 heteroatoms. The SMILES string of the molecule is CCN(C(=O)C1CC(C)N(C(=O)c2ccc(OC)cc2)c2ccccc21)c1ccc(Cl)cc1. The minimum atomic E-state index is -0.341. The van der Waals surface area contributed by atoms with Crippen LogP contribution in [0.1, 0.15) is 42.1 Å². The van der Waals surface area contributed by atoms with Crippen LogP contribution in [0.25, 0.3) is 0 Å². The molecule has 2 atom stereocenters. The van der Waals surface area contributed by atoms with E-state index in [1.165, 1.54) is 0 Å². The van der Waals surface area contributed by atoms with Gasteiger partial charge in [0.15, 0.2) is 0 Å². The van der Waals surface area contributed by atoms with Gasteiger partial charge < -0.3 is 14.5 Å². The number of amides is 2. The second kappa shape index (κ2) is 9.67. The Morgan fingerprint density at radius 1 is 1.03 bits per heavy atom. The van der Waals surface area contributed by atoms with Gasteiger partial charge in [0.1, 0.15) is 5.75 Å². The van der Waals surface area contributed by atoms with E-state index in [1.807, 2.05) is 50.2 Å². The number of carbonyl (C=O) groups excluding carboxylic acids is 2. The summed E-state index contributed by atoms with van der Waals surface area (Å²) in [5.41, 5.74) is 3.05. The first kappa shape index (κ1) is 22.9. The Labute approximate surface area is 199 Å². The lowest BCUT2D eigenvalue weighted by Crippen LogP contribution is -2.46. The zero-order valence-corrected chi connectivity index (χ0v) is 19.8. The largest absolute Gasteiger partial charge is 0.497 e. The molecule has 2 amide bonds. The Kier molecular flexibility index (Phi) is 6.70. The van der Waals surface area contributed by atoms with Gasteiger partial charge in [0, 0.05) is 34.5 Å². The maximum atomic E-state index is 13.7. The fourth-order valence-corrected chi connectivity index (χ4v) is 4.63. The van der Waals surface area contributed by atoms with E-state index < -0.39 is 0 Å². The average Bonchev–Trinajstić information content (AvgIpc) is 2.84. The zero-order chi connectivity index (χ0) is 23.5. The number of likely N-dealkylation sites (N-methyl/N-ethyl adjacent to an activating group) is 1. The number of rotatable bonds is 5. The number of nitrogens with zero attached hydrogens (tertiary/aromatic N) is 2. The quantitative estimate of drug-likeness (QED) is 0.472. The molecule has 33 heavy (non-hydrogen) atoms. The fourth-order valence-electron chi connectivity index (χ4n) is 4.50. The lowest BCUT2D eigenvalue weighted by Gasteiger charge is -2.40. The summed E-state index contributed by atoms with van der Waals surface area (Å²) >= 11 is 6.04. The lowest BCUT2D eigenvalue weighted by atomic mass is 9.84. The highest BCUT2D eigenvalue weighted by Gasteiger charge is 2.38. The average molecular weight is 463 g/mol. The molecule has 0 saturated heterocycles. The van der Waals surface area contributed by atoms with Crippen LogP contribution in [0, 0.1) is 0 Å². The van der Waals surface area contributed by atoms with E-state index in [1.54, 1.807) is 53.3 Å². The summed E-state index contributed by atoms with van der Waals surface area (Å²) in [6, 6.07) is 22.0. The van der Waals surface area contributed by atoms with Crippen molar-refractivity contribution in [2.45, 2.75) is 32.2 Å². The highest BCUT2D eigenvalue weighted by Crippen LogP contribution is 2.40. The van der Waals surface area contributed by atoms with E-state index >= 15 is 0 Å². The van der Waals surface area contributed by atoms with E-state index in [-0.39, 0.29) is 23.8 Å². The van der Waals surface area contributed by atoms with Crippen molar-refractivity contribution in [2.75, 3.05) is 23.5 Å². The summed E-state index contributed by atoms with van der Waals surface area (Å²) in [6.45, 7) is 4.50. The standard InChI is InChI=1S/C27H27ClN2O3/c1-4-29(21-13-11-20(28)12-14-21)27(32)24-17-18(2)30(25-8-6-5-7-23(24)25)26(31)19-9-15-22(33-3)16-10-19/h5-16,18,24H,4,17H2,1-3H3. The van der Waals surface area contributed by atoms with E-state index in [0.29, 0.717) is 29.3 Å². The minimum absolute atomic E-state index is 0.0238. The van der Waals surface area contributed by atoms with Gasteiger partial charge in [-0.25, -0.2) is 0 Å². The molecule has 0 N–H and O–H groups in total. The first-order valence-electron chi connectivity index (χ1n) is 11.1. The van der Waals surface area contributed by atoms with Crippen LogP contribution in [0.5, 0.6) is 5.75 Å². The van der Waals surface area contributed by atoms with Crippen LogP contribution in [0.3, 0.4) is 0 Å². The molecule has 3 aromatic carbocycles. The molecule has 2 unspecified atom stereocenters. The van der Waals surface area contributed by atoms with Crippen LogP contribution >= 0.6 is 11.6 Å². The Hall–Kier alpha value is -3.31. The molecule has 1 aliphatic rings. The van der Waals surface area contributed by atoms with E-state index in [0.717, 1.165) is 16.9 Å². The summed E-state index contributed by atoms with van der Waals surface area (Å²) in [5, 5.41) is 0.631. The predicted octanol–water partition coefficient (Wildman–Crippen LogP) is 5.92. The lowest BCUT2D eigenvalue weighted by molar-refractivity contribution is -0.120. The van der Waals surface area contributed by atoms with Crippen molar-refractivity contribution in [1.29, 1.82) is 0 Å². The predicted molar refractivity (Wildman–Crippen MR) is 133 cm³/mol. The van der Waals surface area contributed by atoms with Crippen molar-refractivity contribution < 1.29 is 14.3 Å². The number of anilines is 2. The molecule has 1 heterocycles. The molecule has 0 saturated carbocycles. The van der Waals surface area contributed by atoms with Gasteiger partial charge in [-0.2, -0.15) is 0 Å². The van der Waals surface area contributed by atoms with E-state index in [4.69, 9.17) is 16.3 Å². The topological polar surface area (TPSA) is 49.9 Å². The summed E-state index contributed by atoms with van der Waals surface area (Å²) in [7, 11) is 1.60. The van der Waals surface area contributed by atoms with Gasteiger partial charge in [0.2, 0.25) is 5.91 Å². The van der Waals surface area contributed by atoms with E-state index in [2.05, 4.69) is 0 Å². The zero-order valence-electron chi connectivity index (χ0n) is 19.0. The number of hydrogen-bond acceptors (Lipinski definition) is 3. The molecule has 0 fully saturated rings. The molecular formula is C27H27ClN2O3. The number of methoxy groups -OCH3 is 1. The highest BCUT2D eigenvalue weighted by molar-refractivity contribution is 6.30. The number of benzene rings is 3. The van der Waals surface area contributed by atoms with Crippen molar-refractivity contribution in [2.24, 2.45) is 0 Å². The highest BCUT2D eigenvalue weighted by atomic mass is 35.5. The molecule has 0 radical (unpaired) electrons. The van der Waals surface area contributed by atoms with Gasteiger partial charge in [0.25, 0.3) is 5.91 Å². The summed E-state index contributed by atoms with van der Waals surface area (Å²) in [5.74, 6) is 0.294. The van der Waals surface area contributed by atoms with Crippen molar-refractivity contribution in [3.63, 3.8) is 0 Å². The molecule has 4 rings (SSSR count). The van der Waals surface area contributed by atoms with E-state index in [9.17, 15) is 9.59 Å². The maximum Gasteiger partial charge on any atom is 0.258 e. The molecule has 0 bridgehead atoms. The number of carbonyl (C=O) groups is 2. The molecule has 0 aliphatic carbocycles. The molecule has 170 valence electrons. The molecular weight excluding hydrogens is 436 g/mol. The Morgan fingerprint density at radius 3 is 2.33 bits per heavy atom. The Balaban J connectivity index is 1.68. The van der Waals surface area contributed by atoms with Gasteiger partial charge in [-0.05, 0) is 80.4 Å². The second-order valence-corrected chi connectivity index (χ2v) is 8.60. The first-order valence-corrected chi connectivity index (χ1v) is 11.5. The van der Waals surface area contributed by atoms with Gasteiger partial charge in [0.05, 0.1) is 13.0 Å². The number of hydrogen-bond donors (Lipinski definition) is 0. The molecule has 0 aromatic heterocycles. The van der Waals surface area contributed by atoms with Crippen molar-refractivity contribution in [3.05, 3.63) is 88.9 Å². The number of halogens is 1. The third kappa shape index (κ3) is 4.46. The summed E-state index contributed by atoms with van der Waals surface area (Å²) in [4.78, 5) is 30.8. The monoisotopic (exact) mass is 462 g/mol.